The third-order valence-electron chi connectivity index (χ3n) is 2.49. The van der Waals surface area contributed by atoms with E-state index in [1.165, 1.54) is 4.90 Å². The van der Waals surface area contributed by atoms with E-state index in [0.717, 1.165) is 10.6 Å². The van der Waals surface area contributed by atoms with E-state index in [0.29, 0.717) is 17.3 Å². The third kappa shape index (κ3) is 5.07. The van der Waals surface area contributed by atoms with Crippen LogP contribution in [0.15, 0.2) is 35.7 Å². The van der Waals surface area contributed by atoms with Crippen LogP contribution in [0.4, 0.5) is 10.5 Å². The fraction of sp³-hybridized carbons (Fsp3) is 0.357. The van der Waals surface area contributed by atoms with Crippen LogP contribution in [0.1, 0.15) is 6.92 Å². The van der Waals surface area contributed by atoms with Crippen molar-refractivity contribution in [1.29, 1.82) is 0 Å². The van der Waals surface area contributed by atoms with Crippen molar-refractivity contribution in [3.63, 3.8) is 0 Å². The SMILES string of the molecule is C=CCN(CCO)C(=O)Nc1cc(Cl)ccc1SCC. The van der Waals surface area contributed by atoms with Crippen LogP contribution in [0.5, 0.6) is 0 Å². The van der Waals surface area contributed by atoms with E-state index in [9.17, 15) is 4.79 Å². The molecule has 0 heterocycles. The highest BCUT2D eigenvalue weighted by molar-refractivity contribution is 7.99. The molecule has 1 aromatic carbocycles. The van der Waals surface area contributed by atoms with Gasteiger partial charge in [-0.3, -0.25) is 0 Å². The zero-order valence-electron chi connectivity index (χ0n) is 11.4. The van der Waals surface area contributed by atoms with E-state index in [1.807, 2.05) is 13.0 Å². The standard InChI is InChI=1S/C14H19ClN2O2S/c1-3-7-17(8-9-18)14(19)16-12-10-11(15)5-6-13(12)20-4-2/h3,5-6,10,18H,1,4,7-9H2,2H3,(H,16,19). The number of halogens is 1. The largest absolute Gasteiger partial charge is 0.395 e. The summed E-state index contributed by atoms with van der Waals surface area (Å²) >= 11 is 7.60. The summed E-state index contributed by atoms with van der Waals surface area (Å²) in [5.41, 5.74) is 0.682. The molecule has 0 saturated carbocycles. The molecule has 1 rings (SSSR count). The maximum atomic E-state index is 12.2. The number of aliphatic hydroxyl groups excluding tert-OH is 1. The highest BCUT2D eigenvalue weighted by Crippen LogP contribution is 2.30. The Morgan fingerprint density at radius 2 is 2.35 bits per heavy atom. The molecule has 0 spiro atoms. The predicted molar refractivity (Wildman–Crippen MR) is 85.7 cm³/mol. The number of urea groups is 1. The molecule has 0 aromatic heterocycles. The van der Waals surface area contributed by atoms with Gasteiger partial charge in [0.2, 0.25) is 0 Å². The molecule has 0 aliphatic carbocycles. The lowest BCUT2D eigenvalue weighted by atomic mass is 10.3. The van der Waals surface area contributed by atoms with Crippen LogP contribution in [-0.2, 0) is 0 Å². The summed E-state index contributed by atoms with van der Waals surface area (Å²) in [6.45, 7) is 6.19. The minimum Gasteiger partial charge on any atom is -0.395 e. The van der Waals surface area contributed by atoms with Gasteiger partial charge in [0.1, 0.15) is 0 Å². The highest BCUT2D eigenvalue weighted by atomic mass is 35.5. The first kappa shape index (κ1) is 16.9. The van der Waals surface area contributed by atoms with Crippen LogP contribution in [0.25, 0.3) is 0 Å². The second kappa shape index (κ2) is 8.89. The van der Waals surface area contributed by atoms with E-state index in [-0.39, 0.29) is 19.2 Å². The average Bonchev–Trinajstić information content (AvgIpc) is 2.41. The molecule has 4 nitrogen and oxygen atoms in total. The number of amides is 2. The van der Waals surface area contributed by atoms with Crippen LogP contribution in [0, 0.1) is 0 Å². The summed E-state index contributed by atoms with van der Waals surface area (Å²) in [7, 11) is 0. The molecule has 1 aromatic rings. The van der Waals surface area contributed by atoms with Crippen LogP contribution in [0.2, 0.25) is 5.02 Å². The Morgan fingerprint density at radius 3 is 2.95 bits per heavy atom. The molecule has 0 aliphatic heterocycles. The van der Waals surface area contributed by atoms with E-state index in [2.05, 4.69) is 11.9 Å². The number of carbonyl (C=O) groups excluding carboxylic acids is 1. The molecule has 0 radical (unpaired) electrons. The molecular weight excluding hydrogens is 296 g/mol. The summed E-state index contributed by atoms with van der Waals surface area (Å²) in [5, 5.41) is 12.4. The van der Waals surface area contributed by atoms with Crippen molar-refractivity contribution >= 4 is 35.1 Å². The van der Waals surface area contributed by atoms with Crippen molar-refractivity contribution in [2.24, 2.45) is 0 Å². The van der Waals surface area contributed by atoms with Gasteiger partial charge in [0.05, 0.1) is 12.3 Å². The Morgan fingerprint density at radius 1 is 1.60 bits per heavy atom. The van der Waals surface area contributed by atoms with E-state index < -0.39 is 0 Å². The van der Waals surface area contributed by atoms with Gasteiger partial charge in [-0.15, -0.1) is 18.3 Å². The number of hydrogen-bond donors (Lipinski definition) is 2. The molecule has 0 unspecified atom stereocenters. The van der Waals surface area contributed by atoms with Gasteiger partial charge in [0.25, 0.3) is 0 Å². The van der Waals surface area contributed by atoms with Crippen molar-refractivity contribution < 1.29 is 9.90 Å². The molecule has 0 saturated heterocycles. The number of nitrogens with zero attached hydrogens (tertiary/aromatic N) is 1. The van der Waals surface area contributed by atoms with Crippen LogP contribution >= 0.6 is 23.4 Å². The number of aliphatic hydroxyl groups is 1. The Balaban J connectivity index is 2.86. The fourth-order valence-electron chi connectivity index (χ4n) is 1.63. The second-order valence-electron chi connectivity index (χ2n) is 3.96. The summed E-state index contributed by atoms with van der Waals surface area (Å²) < 4.78 is 0. The summed E-state index contributed by atoms with van der Waals surface area (Å²) in [4.78, 5) is 14.6. The van der Waals surface area contributed by atoms with Gasteiger partial charge >= 0.3 is 6.03 Å². The topological polar surface area (TPSA) is 52.6 Å². The van der Waals surface area contributed by atoms with E-state index in [1.54, 1.807) is 30.0 Å². The number of thioether (sulfide) groups is 1. The summed E-state index contributed by atoms with van der Waals surface area (Å²) in [5.74, 6) is 0.900. The van der Waals surface area contributed by atoms with Crippen LogP contribution < -0.4 is 5.32 Å². The maximum Gasteiger partial charge on any atom is 0.322 e. The summed E-state index contributed by atoms with van der Waals surface area (Å²) in [6.07, 6.45) is 1.62. The Bertz CT molecular complexity index is 468. The van der Waals surface area contributed by atoms with Gasteiger partial charge in [-0.05, 0) is 24.0 Å². The lowest BCUT2D eigenvalue weighted by molar-refractivity contribution is 0.195. The molecule has 0 bridgehead atoms. The molecule has 2 N–H and O–H groups in total. The first-order chi connectivity index (χ1) is 9.62. The van der Waals surface area contributed by atoms with Gasteiger partial charge in [0.15, 0.2) is 0 Å². The first-order valence-electron chi connectivity index (χ1n) is 6.32. The quantitative estimate of drug-likeness (QED) is 0.598. The lowest BCUT2D eigenvalue weighted by Gasteiger charge is -2.21. The molecular formula is C14H19ClN2O2S. The predicted octanol–water partition coefficient (Wildman–Crippen LogP) is 3.46. The van der Waals surface area contributed by atoms with Gasteiger partial charge < -0.3 is 15.3 Å². The summed E-state index contributed by atoms with van der Waals surface area (Å²) in [6, 6.07) is 5.13. The molecule has 0 aliphatic rings. The average molecular weight is 315 g/mol. The number of benzene rings is 1. The number of anilines is 1. The second-order valence-corrected chi connectivity index (χ2v) is 5.70. The molecule has 110 valence electrons. The van der Waals surface area contributed by atoms with E-state index >= 15 is 0 Å². The van der Waals surface area contributed by atoms with Gasteiger partial charge in [-0.2, -0.15) is 0 Å². The van der Waals surface area contributed by atoms with Gasteiger partial charge in [-0.25, -0.2) is 4.79 Å². The van der Waals surface area contributed by atoms with Crippen molar-refractivity contribution in [2.75, 3.05) is 30.8 Å². The van der Waals surface area contributed by atoms with Crippen LogP contribution in [0.3, 0.4) is 0 Å². The molecule has 2 amide bonds. The number of nitrogens with one attached hydrogen (secondary N) is 1. The number of hydrogen-bond acceptors (Lipinski definition) is 3. The smallest absolute Gasteiger partial charge is 0.322 e. The van der Waals surface area contributed by atoms with Crippen molar-refractivity contribution in [1.82, 2.24) is 4.90 Å². The van der Waals surface area contributed by atoms with Crippen LogP contribution in [-0.4, -0.2) is 41.5 Å². The first-order valence-corrected chi connectivity index (χ1v) is 7.68. The van der Waals surface area contributed by atoms with Gasteiger partial charge in [0, 0.05) is 23.0 Å². The highest BCUT2D eigenvalue weighted by Gasteiger charge is 2.13. The Kier molecular flexibility index (Phi) is 7.51. The maximum absolute atomic E-state index is 12.2. The minimum absolute atomic E-state index is 0.0899. The number of rotatable bonds is 7. The van der Waals surface area contributed by atoms with Crippen molar-refractivity contribution in [2.45, 2.75) is 11.8 Å². The zero-order valence-corrected chi connectivity index (χ0v) is 13.0. The molecule has 0 atom stereocenters. The lowest BCUT2D eigenvalue weighted by Crippen LogP contribution is -2.37. The molecule has 6 heteroatoms. The monoisotopic (exact) mass is 314 g/mol. The third-order valence-corrected chi connectivity index (χ3v) is 3.68. The minimum atomic E-state index is -0.279. The molecule has 0 fully saturated rings. The zero-order chi connectivity index (χ0) is 15.0. The normalized spacial score (nSPS) is 10.2. The van der Waals surface area contributed by atoms with Gasteiger partial charge in [-0.1, -0.05) is 24.6 Å². The van der Waals surface area contributed by atoms with Crippen molar-refractivity contribution in [3.8, 4) is 0 Å². The number of carbonyl (C=O) groups is 1. The van der Waals surface area contributed by atoms with E-state index in [4.69, 9.17) is 16.7 Å². The Labute approximate surface area is 128 Å². The Hall–Kier alpha value is -1.17. The molecule has 20 heavy (non-hydrogen) atoms. The fourth-order valence-corrected chi connectivity index (χ4v) is 2.54. The van der Waals surface area contributed by atoms with Crippen molar-refractivity contribution in [3.05, 3.63) is 35.9 Å².